The Balaban J connectivity index is 1.91. The number of hydrogen-bond acceptors (Lipinski definition) is 4. The van der Waals surface area contributed by atoms with Crippen LogP contribution in [0.2, 0.25) is 0 Å². The van der Waals surface area contributed by atoms with Crippen molar-refractivity contribution in [3.63, 3.8) is 0 Å². The lowest BCUT2D eigenvalue weighted by atomic mass is 9.82. The Bertz CT molecular complexity index is 809. The van der Waals surface area contributed by atoms with Gasteiger partial charge in [-0.15, -0.1) is 0 Å². The summed E-state index contributed by atoms with van der Waals surface area (Å²) in [4.78, 5) is 14.2. The Morgan fingerprint density at radius 2 is 1.67 bits per heavy atom. The molecular formula is C19H30N4O3S. The summed E-state index contributed by atoms with van der Waals surface area (Å²) in [6.07, 6.45) is 2.12. The fraction of sp³-hybridized carbons (Fsp3) is 0.632. The van der Waals surface area contributed by atoms with Crippen LogP contribution in [0.3, 0.4) is 0 Å². The van der Waals surface area contributed by atoms with Crippen molar-refractivity contribution in [1.29, 1.82) is 0 Å². The molecule has 150 valence electrons. The molecule has 7 nitrogen and oxygen atoms in total. The van der Waals surface area contributed by atoms with E-state index in [1.54, 1.807) is 20.2 Å². The van der Waals surface area contributed by atoms with Crippen LogP contribution in [0.1, 0.15) is 48.5 Å². The number of hydrogen-bond donors (Lipinski definition) is 1. The average molecular weight is 395 g/mol. The number of carbonyl (C=O) groups excluding carboxylic acids is 1. The van der Waals surface area contributed by atoms with Gasteiger partial charge in [0.15, 0.2) is 0 Å². The molecule has 0 spiro atoms. The molecule has 0 aliphatic carbocycles. The molecule has 8 heteroatoms. The Hall–Kier alpha value is -1.64. The average Bonchev–Trinajstić information content (AvgIpc) is 2.59. The fourth-order valence-electron chi connectivity index (χ4n) is 3.94. The van der Waals surface area contributed by atoms with Crippen LogP contribution in [0.25, 0.3) is 0 Å². The van der Waals surface area contributed by atoms with Gasteiger partial charge in [0, 0.05) is 51.9 Å². The van der Waals surface area contributed by atoms with Gasteiger partial charge in [-0.25, -0.2) is 0 Å². The zero-order valence-electron chi connectivity index (χ0n) is 16.6. The summed E-state index contributed by atoms with van der Waals surface area (Å²) in [5, 5.41) is 0. The molecule has 0 radical (unpaired) electrons. The van der Waals surface area contributed by atoms with Gasteiger partial charge in [0.2, 0.25) is 0 Å². The van der Waals surface area contributed by atoms with Gasteiger partial charge in [-0.3, -0.25) is 4.79 Å². The Kier molecular flexibility index (Phi) is 5.26. The molecule has 1 amide bonds. The van der Waals surface area contributed by atoms with E-state index in [1.165, 1.54) is 8.61 Å². The highest BCUT2D eigenvalue weighted by Crippen LogP contribution is 2.35. The minimum absolute atomic E-state index is 0.0467. The highest BCUT2D eigenvalue weighted by Gasteiger charge is 2.35. The van der Waals surface area contributed by atoms with Gasteiger partial charge in [-0.2, -0.15) is 17.0 Å². The maximum atomic E-state index is 12.2. The van der Waals surface area contributed by atoms with E-state index in [0.29, 0.717) is 24.1 Å². The maximum Gasteiger partial charge on any atom is 0.281 e. The Labute approximate surface area is 162 Å². The molecule has 27 heavy (non-hydrogen) atoms. The van der Waals surface area contributed by atoms with Crippen molar-refractivity contribution in [2.45, 2.75) is 32.6 Å². The summed E-state index contributed by atoms with van der Waals surface area (Å²) >= 11 is 0. The summed E-state index contributed by atoms with van der Waals surface area (Å²) in [7, 11) is -0.163. The van der Waals surface area contributed by atoms with Crippen LogP contribution in [0.5, 0.6) is 0 Å². The van der Waals surface area contributed by atoms with Crippen molar-refractivity contribution in [3.05, 3.63) is 29.3 Å². The van der Waals surface area contributed by atoms with Crippen LogP contribution in [-0.2, 0) is 10.2 Å². The van der Waals surface area contributed by atoms with E-state index in [2.05, 4.69) is 18.7 Å². The molecule has 2 fully saturated rings. The van der Waals surface area contributed by atoms with Gasteiger partial charge in [-0.1, -0.05) is 19.9 Å². The molecule has 0 aromatic heterocycles. The zero-order chi connectivity index (χ0) is 20.0. The first kappa shape index (κ1) is 20.1. The zero-order valence-corrected chi connectivity index (χ0v) is 17.4. The molecule has 2 heterocycles. The number of rotatable bonds is 3. The van der Waals surface area contributed by atoms with Gasteiger partial charge in [0.1, 0.15) is 0 Å². The van der Waals surface area contributed by atoms with Crippen LogP contribution in [-0.4, -0.2) is 63.2 Å². The van der Waals surface area contributed by atoms with E-state index >= 15 is 0 Å². The number of primary amides is 1. The smallest absolute Gasteiger partial charge is 0.281 e. The standard InChI is InChI=1S/C19H30N4O3S/c1-19(2)7-9-23(10-8-19)17-11-14(5-6-16(17)18(20)24)15-12-21(3)27(25,26)22(4)13-15/h5-6,11,15H,7-10,12-13H2,1-4H3,(H2,20,24). The molecule has 1 aromatic carbocycles. The number of nitrogens with zero attached hydrogens (tertiary/aromatic N) is 3. The molecule has 2 saturated heterocycles. The Morgan fingerprint density at radius 1 is 1.11 bits per heavy atom. The number of anilines is 1. The molecule has 2 aliphatic heterocycles. The minimum Gasteiger partial charge on any atom is -0.371 e. The van der Waals surface area contributed by atoms with Crippen molar-refractivity contribution in [1.82, 2.24) is 8.61 Å². The van der Waals surface area contributed by atoms with Crippen LogP contribution < -0.4 is 10.6 Å². The van der Waals surface area contributed by atoms with Crippen molar-refractivity contribution in [2.75, 3.05) is 45.2 Å². The molecule has 2 aliphatic rings. The summed E-state index contributed by atoms with van der Waals surface area (Å²) in [6, 6.07) is 5.72. The molecule has 0 unspecified atom stereocenters. The first-order valence-electron chi connectivity index (χ1n) is 9.37. The number of nitrogens with two attached hydrogens (primary N) is 1. The lowest BCUT2D eigenvalue weighted by Gasteiger charge is -2.39. The van der Waals surface area contributed by atoms with Crippen molar-refractivity contribution >= 4 is 21.8 Å². The number of piperidine rings is 1. The quantitative estimate of drug-likeness (QED) is 0.844. The SMILES string of the molecule is CN1CC(c2ccc(C(N)=O)c(N3CCC(C)(C)CC3)c2)CN(C)S1(=O)=O. The second kappa shape index (κ2) is 7.07. The van der Waals surface area contributed by atoms with Crippen LogP contribution in [0.15, 0.2) is 18.2 Å². The summed E-state index contributed by atoms with van der Waals surface area (Å²) in [5.41, 5.74) is 8.37. The predicted molar refractivity (Wildman–Crippen MR) is 107 cm³/mol. The van der Waals surface area contributed by atoms with E-state index in [0.717, 1.165) is 37.2 Å². The largest absolute Gasteiger partial charge is 0.371 e. The highest BCUT2D eigenvalue weighted by molar-refractivity contribution is 7.86. The van der Waals surface area contributed by atoms with E-state index in [-0.39, 0.29) is 5.92 Å². The van der Waals surface area contributed by atoms with E-state index in [9.17, 15) is 13.2 Å². The lowest BCUT2D eigenvalue weighted by Crippen LogP contribution is -2.49. The first-order chi connectivity index (χ1) is 12.5. The third-order valence-electron chi connectivity index (χ3n) is 5.96. The monoisotopic (exact) mass is 394 g/mol. The fourth-order valence-corrected chi connectivity index (χ4v) is 5.15. The van der Waals surface area contributed by atoms with E-state index in [4.69, 9.17) is 5.73 Å². The number of benzene rings is 1. The summed E-state index contributed by atoms with van der Waals surface area (Å²) in [6.45, 7) is 7.16. The van der Waals surface area contributed by atoms with Crippen LogP contribution in [0.4, 0.5) is 5.69 Å². The van der Waals surface area contributed by atoms with Crippen LogP contribution in [0, 0.1) is 5.41 Å². The number of amides is 1. The number of likely N-dealkylation sites (N-methyl/N-ethyl adjacent to an activating group) is 2. The second-order valence-electron chi connectivity index (χ2n) is 8.56. The molecule has 3 rings (SSSR count). The molecule has 0 bridgehead atoms. The van der Waals surface area contributed by atoms with Gasteiger partial charge in [0.25, 0.3) is 16.1 Å². The third kappa shape index (κ3) is 3.97. The molecule has 0 saturated carbocycles. The summed E-state index contributed by atoms with van der Waals surface area (Å²) in [5.74, 6) is -0.382. The molecule has 0 atom stereocenters. The number of carbonyl (C=O) groups is 1. The molecule has 1 aromatic rings. The first-order valence-corrected chi connectivity index (χ1v) is 10.8. The minimum atomic E-state index is -3.36. The van der Waals surface area contributed by atoms with Gasteiger partial charge in [0.05, 0.1) is 5.56 Å². The molecule has 2 N–H and O–H groups in total. The highest BCUT2D eigenvalue weighted by atomic mass is 32.2. The normalized spacial score (nSPS) is 24.1. The third-order valence-corrected chi connectivity index (χ3v) is 7.83. The van der Waals surface area contributed by atoms with Crippen molar-refractivity contribution < 1.29 is 13.2 Å². The van der Waals surface area contributed by atoms with Crippen LogP contribution >= 0.6 is 0 Å². The predicted octanol–water partition coefficient (Wildman–Crippen LogP) is 1.62. The lowest BCUT2D eigenvalue weighted by molar-refractivity contribution is 0.100. The maximum absolute atomic E-state index is 12.2. The van der Waals surface area contributed by atoms with Crippen molar-refractivity contribution in [3.8, 4) is 0 Å². The molecular weight excluding hydrogens is 364 g/mol. The van der Waals surface area contributed by atoms with Gasteiger partial charge in [-0.05, 0) is 36.0 Å². The topological polar surface area (TPSA) is 86.9 Å². The second-order valence-corrected chi connectivity index (χ2v) is 10.7. The van der Waals surface area contributed by atoms with E-state index in [1.807, 2.05) is 12.1 Å². The van der Waals surface area contributed by atoms with Gasteiger partial charge >= 0.3 is 0 Å². The van der Waals surface area contributed by atoms with Gasteiger partial charge < -0.3 is 10.6 Å². The Morgan fingerprint density at radius 3 is 2.19 bits per heavy atom. The summed E-state index contributed by atoms with van der Waals surface area (Å²) < 4.78 is 27.1. The van der Waals surface area contributed by atoms with Crippen molar-refractivity contribution in [2.24, 2.45) is 11.1 Å². The van der Waals surface area contributed by atoms with E-state index < -0.39 is 16.1 Å².